The topological polar surface area (TPSA) is 12.4 Å². The molecular weight excluding hydrogens is 418 g/mol. The number of halogens is 1. The van der Waals surface area contributed by atoms with Gasteiger partial charge in [-0.2, -0.15) is 0 Å². The molecule has 0 aliphatic rings. The van der Waals surface area contributed by atoms with Crippen molar-refractivity contribution >= 4 is 32.9 Å². The normalized spacial score (nSPS) is 11.1. The number of aliphatic imine (C=N–C) groups is 1. The Hall–Kier alpha value is -2.71. The maximum absolute atomic E-state index is 4.76. The molecule has 0 radical (unpaired) electrons. The number of benzene rings is 2. The monoisotopic (exact) mass is 447 g/mol. The van der Waals surface area contributed by atoms with Crippen LogP contribution in [0.25, 0.3) is 11.3 Å². The SMILES string of the molecule is C=C(C)c1ccccc1.C=C/C=C(\C=C)C(C)=NC(=C(C)C)c1ccc(Br)cc1. The van der Waals surface area contributed by atoms with Crippen LogP contribution in [0.15, 0.2) is 113 Å². The van der Waals surface area contributed by atoms with Crippen molar-refractivity contribution in [3.63, 3.8) is 0 Å². The molecule has 0 fully saturated rings. The minimum Gasteiger partial charge on any atom is -0.253 e. The third kappa shape index (κ3) is 8.45. The summed E-state index contributed by atoms with van der Waals surface area (Å²) in [5.74, 6) is 0. The molecule has 0 amide bonds. The number of allylic oxidation sites excluding steroid dienone is 6. The van der Waals surface area contributed by atoms with Gasteiger partial charge in [0.2, 0.25) is 0 Å². The lowest BCUT2D eigenvalue weighted by atomic mass is 10.1. The van der Waals surface area contributed by atoms with E-state index in [0.29, 0.717) is 0 Å². The summed E-state index contributed by atoms with van der Waals surface area (Å²) in [4.78, 5) is 4.76. The van der Waals surface area contributed by atoms with Gasteiger partial charge in [-0.05, 0) is 51.0 Å². The molecule has 0 aliphatic heterocycles. The van der Waals surface area contributed by atoms with Crippen LogP contribution in [0, 0.1) is 0 Å². The molecule has 0 saturated carbocycles. The highest BCUT2D eigenvalue weighted by Gasteiger charge is 2.05. The Morgan fingerprint density at radius 3 is 1.86 bits per heavy atom. The number of hydrogen-bond donors (Lipinski definition) is 0. The van der Waals surface area contributed by atoms with E-state index in [9.17, 15) is 0 Å². The minimum atomic E-state index is 0.930. The van der Waals surface area contributed by atoms with Gasteiger partial charge in [-0.25, -0.2) is 0 Å². The summed E-state index contributed by atoms with van der Waals surface area (Å²) < 4.78 is 1.06. The molecule has 29 heavy (non-hydrogen) atoms. The van der Waals surface area contributed by atoms with Crippen molar-refractivity contribution in [2.45, 2.75) is 27.7 Å². The lowest BCUT2D eigenvalue weighted by Crippen LogP contribution is -1.96. The van der Waals surface area contributed by atoms with E-state index >= 15 is 0 Å². The molecule has 0 heterocycles. The molecule has 0 spiro atoms. The van der Waals surface area contributed by atoms with Crippen LogP contribution in [0.2, 0.25) is 0 Å². The third-order valence-corrected chi connectivity index (χ3v) is 4.60. The highest BCUT2D eigenvalue weighted by Crippen LogP contribution is 2.23. The van der Waals surface area contributed by atoms with E-state index in [4.69, 9.17) is 4.99 Å². The first kappa shape index (κ1) is 24.3. The first-order valence-electron chi connectivity index (χ1n) is 9.45. The van der Waals surface area contributed by atoms with Gasteiger partial charge >= 0.3 is 0 Å². The fraction of sp³-hybridized carbons (Fsp3) is 0.148. The second-order valence-corrected chi connectivity index (χ2v) is 7.68. The van der Waals surface area contributed by atoms with Crippen LogP contribution in [-0.2, 0) is 0 Å². The Morgan fingerprint density at radius 1 is 0.862 bits per heavy atom. The van der Waals surface area contributed by atoms with E-state index < -0.39 is 0 Å². The molecular formula is C27H30BrN. The van der Waals surface area contributed by atoms with Crippen molar-refractivity contribution in [1.82, 2.24) is 0 Å². The van der Waals surface area contributed by atoms with E-state index in [1.54, 1.807) is 12.2 Å². The summed E-state index contributed by atoms with van der Waals surface area (Å²) in [7, 11) is 0. The molecule has 0 unspecified atom stereocenters. The summed E-state index contributed by atoms with van der Waals surface area (Å²) in [5.41, 5.74) is 7.53. The first-order chi connectivity index (χ1) is 13.8. The number of hydrogen-bond acceptors (Lipinski definition) is 1. The highest BCUT2D eigenvalue weighted by atomic mass is 79.9. The van der Waals surface area contributed by atoms with Crippen LogP contribution in [0.1, 0.15) is 38.8 Å². The maximum atomic E-state index is 4.76. The zero-order chi connectivity index (χ0) is 21.8. The van der Waals surface area contributed by atoms with Crippen molar-refractivity contribution in [3.8, 4) is 0 Å². The summed E-state index contributed by atoms with van der Waals surface area (Å²) in [5, 5.41) is 0. The Kier molecular flexibility index (Phi) is 10.6. The Labute approximate surface area is 184 Å². The van der Waals surface area contributed by atoms with Crippen molar-refractivity contribution in [3.05, 3.63) is 119 Å². The molecule has 2 aromatic carbocycles. The summed E-state index contributed by atoms with van der Waals surface area (Å²) in [6.45, 7) is 19.5. The average molecular weight is 448 g/mol. The van der Waals surface area contributed by atoms with Gasteiger partial charge < -0.3 is 0 Å². The lowest BCUT2D eigenvalue weighted by Gasteiger charge is -2.08. The molecule has 2 aromatic rings. The van der Waals surface area contributed by atoms with Gasteiger partial charge in [0.1, 0.15) is 0 Å². The van der Waals surface area contributed by atoms with Crippen LogP contribution in [0.5, 0.6) is 0 Å². The van der Waals surface area contributed by atoms with Crippen LogP contribution in [-0.4, -0.2) is 5.71 Å². The predicted molar refractivity (Wildman–Crippen MR) is 135 cm³/mol. The molecule has 2 rings (SSSR count). The number of rotatable bonds is 6. The van der Waals surface area contributed by atoms with Gasteiger partial charge in [-0.15, -0.1) is 0 Å². The molecule has 1 nitrogen and oxygen atoms in total. The Balaban J connectivity index is 0.000000387. The van der Waals surface area contributed by atoms with Gasteiger partial charge in [-0.3, -0.25) is 4.99 Å². The second kappa shape index (κ2) is 12.7. The highest BCUT2D eigenvalue weighted by molar-refractivity contribution is 9.10. The van der Waals surface area contributed by atoms with Gasteiger partial charge in [0.25, 0.3) is 0 Å². The summed E-state index contributed by atoms with van der Waals surface area (Å²) in [6, 6.07) is 18.3. The van der Waals surface area contributed by atoms with Crippen LogP contribution in [0.3, 0.4) is 0 Å². The molecule has 0 aromatic heterocycles. The van der Waals surface area contributed by atoms with Crippen LogP contribution >= 0.6 is 15.9 Å². The standard InChI is InChI=1S/C18H20BrN.C9H10/c1-6-8-15(7-2)14(5)20-18(13(3)4)16-9-11-17(19)12-10-16;1-8(2)9-6-4-3-5-7-9/h6-12H,1-2H2,3-5H3;3-7H,1H2,2H3/b15-8+,20-14?;. The van der Waals surface area contributed by atoms with Gasteiger partial charge in [-0.1, -0.05) is 108 Å². The van der Waals surface area contributed by atoms with Crippen molar-refractivity contribution in [2.75, 3.05) is 0 Å². The largest absolute Gasteiger partial charge is 0.253 e. The van der Waals surface area contributed by atoms with E-state index in [2.05, 4.69) is 73.8 Å². The van der Waals surface area contributed by atoms with E-state index in [0.717, 1.165) is 32.6 Å². The average Bonchev–Trinajstić information content (AvgIpc) is 2.71. The molecule has 0 bridgehead atoms. The molecule has 0 saturated heterocycles. The summed E-state index contributed by atoms with van der Waals surface area (Å²) in [6.07, 6.45) is 5.46. The first-order valence-corrected chi connectivity index (χ1v) is 10.2. The Bertz CT molecular complexity index is 922. The van der Waals surface area contributed by atoms with Crippen molar-refractivity contribution in [2.24, 2.45) is 4.99 Å². The van der Waals surface area contributed by atoms with E-state index in [1.807, 2.05) is 50.3 Å². The van der Waals surface area contributed by atoms with Gasteiger partial charge in [0.15, 0.2) is 0 Å². The Morgan fingerprint density at radius 2 is 1.45 bits per heavy atom. The molecule has 0 atom stereocenters. The predicted octanol–water partition coefficient (Wildman–Crippen LogP) is 8.68. The van der Waals surface area contributed by atoms with Crippen molar-refractivity contribution in [1.29, 1.82) is 0 Å². The molecule has 2 heteroatoms. The quantitative estimate of drug-likeness (QED) is 0.310. The molecule has 0 N–H and O–H groups in total. The van der Waals surface area contributed by atoms with Crippen molar-refractivity contribution < 1.29 is 0 Å². The zero-order valence-electron chi connectivity index (χ0n) is 17.9. The molecule has 0 aliphatic carbocycles. The van der Waals surface area contributed by atoms with Crippen LogP contribution in [0.4, 0.5) is 0 Å². The fourth-order valence-corrected chi connectivity index (χ4v) is 2.76. The second-order valence-electron chi connectivity index (χ2n) is 6.76. The van der Waals surface area contributed by atoms with Gasteiger partial charge in [0.05, 0.1) is 5.70 Å². The minimum absolute atomic E-state index is 0.930. The number of nitrogens with zero attached hydrogens (tertiary/aromatic N) is 1. The third-order valence-electron chi connectivity index (χ3n) is 4.07. The fourth-order valence-electron chi connectivity index (χ4n) is 2.49. The van der Waals surface area contributed by atoms with Crippen LogP contribution < -0.4 is 0 Å². The smallest absolute Gasteiger partial charge is 0.0691 e. The summed E-state index contributed by atoms with van der Waals surface area (Å²) >= 11 is 3.45. The van der Waals surface area contributed by atoms with E-state index in [-0.39, 0.29) is 0 Å². The lowest BCUT2D eigenvalue weighted by molar-refractivity contribution is 1.33. The van der Waals surface area contributed by atoms with E-state index in [1.165, 1.54) is 11.1 Å². The van der Waals surface area contributed by atoms with Gasteiger partial charge in [0, 0.05) is 15.7 Å². The molecule has 150 valence electrons. The zero-order valence-corrected chi connectivity index (χ0v) is 19.5. The maximum Gasteiger partial charge on any atom is 0.0691 e.